The number of carbonyl (C=O) groups is 3. The van der Waals surface area contributed by atoms with Crippen LogP contribution < -0.4 is 0 Å². The second kappa shape index (κ2) is 51.4. The van der Waals surface area contributed by atoms with Crippen LogP contribution in [0.3, 0.4) is 0 Å². The molecule has 1 atom stereocenters. The van der Waals surface area contributed by atoms with Crippen molar-refractivity contribution in [3.05, 3.63) is 122 Å². The summed E-state index contributed by atoms with van der Waals surface area (Å²) in [7, 11) is 0. The second-order valence-corrected chi connectivity index (χ2v) is 16.3. The fourth-order valence-corrected chi connectivity index (χ4v) is 6.38. The van der Waals surface area contributed by atoms with E-state index in [4.69, 9.17) is 14.2 Å². The van der Waals surface area contributed by atoms with Crippen molar-refractivity contribution in [2.45, 2.75) is 213 Å². The van der Waals surface area contributed by atoms with Gasteiger partial charge in [-0.1, -0.05) is 200 Å². The van der Waals surface area contributed by atoms with Gasteiger partial charge in [-0.25, -0.2) is 0 Å². The summed E-state index contributed by atoms with van der Waals surface area (Å²) in [5.41, 5.74) is 0. The largest absolute Gasteiger partial charge is 0.462 e. The highest BCUT2D eigenvalue weighted by Gasteiger charge is 2.19. The summed E-state index contributed by atoms with van der Waals surface area (Å²) in [6.07, 6.45) is 70.7. The molecule has 0 rings (SSSR count). The Bertz CT molecular complexity index is 1390. The van der Waals surface area contributed by atoms with Gasteiger partial charge in [0.15, 0.2) is 6.10 Å². The molecule has 64 heavy (non-hydrogen) atoms. The van der Waals surface area contributed by atoms with Crippen molar-refractivity contribution in [1.82, 2.24) is 0 Å². The molecule has 6 heteroatoms. The summed E-state index contributed by atoms with van der Waals surface area (Å²) < 4.78 is 16.6. The summed E-state index contributed by atoms with van der Waals surface area (Å²) in [4.78, 5) is 37.7. The predicted octanol–water partition coefficient (Wildman–Crippen LogP) is 16.9. The van der Waals surface area contributed by atoms with Gasteiger partial charge in [-0.3, -0.25) is 14.4 Å². The third kappa shape index (κ3) is 48.8. The van der Waals surface area contributed by atoms with Crippen LogP contribution in [0.4, 0.5) is 0 Å². The Balaban J connectivity index is 4.30. The van der Waals surface area contributed by atoms with E-state index in [-0.39, 0.29) is 31.1 Å². The maximum Gasteiger partial charge on any atom is 0.306 e. The summed E-state index contributed by atoms with van der Waals surface area (Å²) in [5.74, 6) is -0.981. The van der Waals surface area contributed by atoms with E-state index in [1.165, 1.54) is 25.7 Å². The molecule has 6 nitrogen and oxygen atoms in total. The van der Waals surface area contributed by atoms with Gasteiger partial charge in [0.2, 0.25) is 0 Å². The average Bonchev–Trinajstić information content (AvgIpc) is 3.29. The Kier molecular flexibility index (Phi) is 48.1. The van der Waals surface area contributed by atoms with Crippen molar-refractivity contribution in [2.24, 2.45) is 0 Å². The molecule has 0 bridgehead atoms. The molecule has 0 aliphatic carbocycles. The fraction of sp³-hybridized carbons (Fsp3) is 0.603. The van der Waals surface area contributed by atoms with Crippen LogP contribution >= 0.6 is 0 Å². The Morgan fingerprint density at radius 2 is 0.641 bits per heavy atom. The second-order valence-electron chi connectivity index (χ2n) is 16.3. The molecule has 0 aromatic carbocycles. The third-order valence-electron chi connectivity index (χ3n) is 10.2. The summed E-state index contributed by atoms with van der Waals surface area (Å²) in [6, 6.07) is 0. The molecule has 0 aromatic heterocycles. The lowest BCUT2D eigenvalue weighted by molar-refractivity contribution is -0.167. The van der Waals surface area contributed by atoms with Crippen molar-refractivity contribution >= 4 is 17.9 Å². The van der Waals surface area contributed by atoms with Crippen molar-refractivity contribution in [3.63, 3.8) is 0 Å². The zero-order valence-corrected chi connectivity index (χ0v) is 41.0. The van der Waals surface area contributed by atoms with Crippen molar-refractivity contribution < 1.29 is 28.6 Å². The van der Waals surface area contributed by atoms with E-state index < -0.39 is 6.10 Å². The van der Waals surface area contributed by atoms with Gasteiger partial charge in [-0.05, 0) is 109 Å². The Hall–Kier alpha value is -4.19. The molecule has 360 valence electrons. The van der Waals surface area contributed by atoms with Crippen molar-refractivity contribution in [3.8, 4) is 0 Å². The topological polar surface area (TPSA) is 78.9 Å². The number of unbranched alkanes of at least 4 members (excludes halogenated alkanes) is 13. The summed E-state index contributed by atoms with van der Waals surface area (Å²) in [6.45, 7) is 6.32. The Morgan fingerprint density at radius 3 is 1.05 bits per heavy atom. The lowest BCUT2D eigenvalue weighted by Crippen LogP contribution is -2.30. The molecule has 0 heterocycles. The van der Waals surface area contributed by atoms with Gasteiger partial charge in [0.1, 0.15) is 13.2 Å². The minimum Gasteiger partial charge on any atom is -0.462 e. The van der Waals surface area contributed by atoms with E-state index in [1.807, 2.05) is 0 Å². The number of ether oxygens (including phenoxy) is 3. The highest BCUT2D eigenvalue weighted by atomic mass is 16.6. The van der Waals surface area contributed by atoms with Crippen molar-refractivity contribution in [1.29, 1.82) is 0 Å². The highest BCUT2D eigenvalue weighted by molar-refractivity contribution is 5.71. The Morgan fingerprint density at radius 1 is 0.328 bits per heavy atom. The van der Waals surface area contributed by atoms with E-state index in [9.17, 15) is 14.4 Å². The van der Waals surface area contributed by atoms with Gasteiger partial charge in [-0.2, -0.15) is 0 Å². The van der Waals surface area contributed by atoms with Crippen LogP contribution in [-0.4, -0.2) is 37.2 Å². The molecule has 0 N–H and O–H groups in total. The van der Waals surface area contributed by atoms with E-state index in [0.717, 1.165) is 135 Å². The molecule has 0 fully saturated rings. The smallest absolute Gasteiger partial charge is 0.306 e. The first-order valence-corrected chi connectivity index (χ1v) is 25.5. The molecule has 0 spiro atoms. The van der Waals surface area contributed by atoms with Gasteiger partial charge < -0.3 is 14.2 Å². The summed E-state index contributed by atoms with van der Waals surface area (Å²) >= 11 is 0. The van der Waals surface area contributed by atoms with E-state index >= 15 is 0 Å². The lowest BCUT2D eigenvalue weighted by atomic mass is 10.1. The fourth-order valence-electron chi connectivity index (χ4n) is 6.38. The minimum atomic E-state index is -0.802. The molecule has 0 aliphatic rings. The van der Waals surface area contributed by atoms with Crippen LogP contribution in [0.25, 0.3) is 0 Å². The predicted molar refractivity (Wildman–Crippen MR) is 274 cm³/mol. The first-order valence-electron chi connectivity index (χ1n) is 25.5. The molecule has 1 unspecified atom stereocenters. The zero-order chi connectivity index (χ0) is 46.5. The van der Waals surface area contributed by atoms with E-state index in [2.05, 4.69) is 142 Å². The van der Waals surface area contributed by atoms with Gasteiger partial charge in [0.05, 0.1) is 0 Å². The number of allylic oxidation sites excluding steroid dienone is 20. The first-order chi connectivity index (χ1) is 31.5. The molecule has 0 saturated heterocycles. The highest BCUT2D eigenvalue weighted by Crippen LogP contribution is 2.12. The van der Waals surface area contributed by atoms with Crippen LogP contribution in [0, 0.1) is 0 Å². The SMILES string of the molecule is CC/C=C\C/C=C\C/C=C\C/C=C\C/C=C\C/C=C\C/C=C\C/C=C\CCCCC(=O)OCC(COC(=O)CCCCCCCC)OC(=O)CCCCCCC/C=C\C/C=C\CCC. The maximum atomic E-state index is 12.7. The standard InChI is InChI=1S/C58H92O6/c1-4-7-10-13-16-18-20-22-23-24-25-26-27-28-29-30-31-32-33-34-35-37-38-40-42-45-48-51-57(60)63-54-55(53-62-56(59)50-47-44-15-12-9-6-3)64-58(61)52-49-46-43-41-39-36-21-19-17-14-11-8-5-2/h7,10-11,14,16,18-19,21-23,25-26,28-29,31-32,34-35,38,40,55H,4-6,8-9,12-13,15,17,20,24,27,30,33,36-37,39,41-54H2,1-3H3/b10-7-,14-11-,18-16-,21-19-,23-22-,26-25-,29-28-,32-31-,35-34-,40-38-. The third-order valence-corrected chi connectivity index (χ3v) is 10.2. The molecular formula is C58H92O6. The first kappa shape index (κ1) is 59.8. The number of hydrogen-bond donors (Lipinski definition) is 0. The van der Waals surface area contributed by atoms with Crippen LogP contribution in [-0.2, 0) is 28.6 Å². The zero-order valence-electron chi connectivity index (χ0n) is 41.0. The van der Waals surface area contributed by atoms with E-state index in [1.54, 1.807) is 0 Å². The van der Waals surface area contributed by atoms with Crippen molar-refractivity contribution in [2.75, 3.05) is 13.2 Å². The molecule has 0 amide bonds. The molecular weight excluding hydrogens is 793 g/mol. The minimum absolute atomic E-state index is 0.101. The lowest BCUT2D eigenvalue weighted by Gasteiger charge is -2.18. The van der Waals surface area contributed by atoms with Crippen LogP contribution in [0.2, 0.25) is 0 Å². The monoisotopic (exact) mass is 885 g/mol. The number of carbonyl (C=O) groups excluding carboxylic acids is 3. The van der Waals surface area contributed by atoms with Gasteiger partial charge in [0, 0.05) is 19.3 Å². The van der Waals surface area contributed by atoms with Crippen LogP contribution in [0.1, 0.15) is 207 Å². The maximum absolute atomic E-state index is 12.7. The normalized spacial score (nSPS) is 13.1. The van der Waals surface area contributed by atoms with E-state index in [0.29, 0.717) is 25.7 Å². The molecule has 0 radical (unpaired) electrons. The van der Waals surface area contributed by atoms with Crippen LogP contribution in [0.15, 0.2) is 122 Å². The number of esters is 3. The van der Waals surface area contributed by atoms with Crippen LogP contribution in [0.5, 0.6) is 0 Å². The number of hydrogen-bond acceptors (Lipinski definition) is 6. The number of rotatable bonds is 44. The molecule has 0 saturated carbocycles. The average molecular weight is 885 g/mol. The van der Waals surface area contributed by atoms with Gasteiger partial charge in [0.25, 0.3) is 0 Å². The van der Waals surface area contributed by atoms with Gasteiger partial charge in [-0.15, -0.1) is 0 Å². The quantitative estimate of drug-likeness (QED) is 0.0262. The van der Waals surface area contributed by atoms with Gasteiger partial charge >= 0.3 is 17.9 Å². The molecule has 0 aliphatic heterocycles. The summed E-state index contributed by atoms with van der Waals surface area (Å²) in [5, 5.41) is 0. The molecule has 0 aromatic rings. The Labute approximate surface area is 392 Å².